The number of methoxy groups -OCH3 is 2. The number of hydrogen-bond donors (Lipinski definition) is 6. The first-order valence-electron chi connectivity index (χ1n) is 12.1. The lowest BCUT2D eigenvalue weighted by Crippen LogP contribution is -2.26. The summed E-state index contributed by atoms with van der Waals surface area (Å²) in [6.07, 6.45) is 0. The lowest BCUT2D eigenvalue weighted by Gasteiger charge is -2.40. The lowest BCUT2D eigenvalue weighted by molar-refractivity contribution is 0.368. The predicted molar refractivity (Wildman–Crippen MR) is 138 cm³/mol. The van der Waals surface area contributed by atoms with E-state index >= 15 is 0 Å². The molecule has 4 aromatic rings. The van der Waals surface area contributed by atoms with Crippen LogP contribution in [0.5, 0.6) is 46.0 Å². The van der Waals surface area contributed by atoms with Crippen molar-refractivity contribution in [2.75, 3.05) is 14.2 Å². The molecule has 8 heteroatoms. The zero-order valence-corrected chi connectivity index (χ0v) is 20.6. The van der Waals surface area contributed by atoms with Crippen molar-refractivity contribution < 1.29 is 40.1 Å². The van der Waals surface area contributed by atoms with Crippen LogP contribution in [0.25, 0.3) is 0 Å². The molecule has 0 saturated heterocycles. The van der Waals surface area contributed by atoms with Crippen LogP contribution in [0.2, 0.25) is 0 Å². The van der Waals surface area contributed by atoms with Crippen molar-refractivity contribution in [3.63, 3.8) is 0 Å². The van der Waals surface area contributed by atoms with Gasteiger partial charge in [0.05, 0.1) is 14.2 Å². The molecule has 4 aromatic carbocycles. The van der Waals surface area contributed by atoms with Gasteiger partial charge < -0.3 is 40.1 Å². The van der Waals surface area contributed by atoms with E-state index in [4.69, 9.17) is 9.47 Å². The van der Waals surface area contributed by atoms with Gasteiger partial charge in [0.1, 0.15) is 23.0 Å². The van der Waals surface area contributed by atoms with Crippen molar-refractivity contribution in [3.8, 4) is 46.0 Å². The van der Waals surface area contributed by atoms with Crippen LogP contribution in [0.3, 0.4) is 0 Å². The Labute approximate surface area is 218 Å². The third-order valence-electron chi connectivity index (χ3n) is 7.92. The van der Waals surface area contributed by atoms with Gasteiger partial charge in [-0.3, -0.25) is 0 Å². The molecule has 2 aliphatic rings. The molecule has 0 radical (unpaired) electrons. The Bertz CT molecular complexity index is 1590. The number of phenols is 6. The second kappa shape index (κ2) is 8.41. The van der Waals surface area contributed by atoms with Crippen LogP contribution in [-0.4, -0.2) is 44.9 Å². The maximum absolute atomic E-state index is 11.2. The topological polar surface area (TPSA) is 140 Å². The number of rotatable bonds is 4. The predicted octanol–water partition coefficient (Wildman–Crippen LogP) is 5.10. The van der Waals surface area contributed by atoms with Crippen molar-refractivity contribution in [1.82, 2.24) is 0 Å². The first kappa shape index (κ1) is 23.7. The number of aromatic hydroxyl groups is 6. The molecule has 6 N–H and O–H groups in total. The van der Waals surface area contributed by atoms with Crippen LogP contribution < -0.4 is 9.47 Å². The van der Waals surface area contributed by atoms with E-state index in [0.29, 0.717) is 22.3 Å². The highest BCUT2D eigenvalue weighted by Crippen LogP contribution is 2.69. The quantitative estimate of drug-likeness (QED) is 0.221. The fraction of sp³-hybridized carbons (Fsp3) is 0.200. The van der Waals surface area contributed by atoms with Gasteiger partial charge >= 0.3 is 0 Å². The van der Waals surface area contributed by atoms with Crippen LogP contribution in [0.1, 0.15) is 57.1 Å². The second-order valence-corrected chi connectivity index (χ2v) is 9.81. The molecule has 2 bridgehead atoms. The number of hydrogen-bond acceptors (Lipinski definition) is 8. The standard InChI is InChI=1S/C30H26O8/c1-37-23-7-13(3-5-19(23)33)25-27-17(9-15(31)11-21(27)35)30-26(14-4-6-20(34)24(8-14)38-2)29(25)18-10-16(32)12-22(36)28(18)30/h3-12,25-26,29-36H,1-2H3/t25-,26?,29-,30-/m0/s1. The molecule has 1 unspecified atom stereocenters. The maximum Gasteiger partial charge on any atom is 0.160 e. The largest absolute Gasteiger partial charge is 0.508 e. The molecule has 2 aliphatic carbocycles. The fourth-order valence-electron chi connectivity index (χ4n) is 6.56. The Balaban J connectivity index is 1.72. The van der Waals surface area contributed by atoms with Gasteiger partial charge in [0.15, 0.2) is 23.0 Å². The van der Waals surface area contributed by atoms with Crippen LogP contribution in [-0.2, 0) is 0 Å². The molecule has 194 valence electrons. The minimum Gasteiger partial charge on any atom is -0.508 e. The van der Waals surface area contributed by atoms with Crippen LogP contribution in [0, 0.1) is 0 Å². The van der Waals surface area contributed by atoms with Gasteiger partial charge in [0.2, 0.25) is 0 Å². The molecule has 0 saturated carbocycles. The summed E-state index contributed by atoms with van der Waals surface area (Å²) < 4.78 is 10.8. The fourth-order valence-corrected chi connectivity index (χ4v) is 6.56. The van der Waals surface area contributed by atoms with Gasteiger partial charge in [-0.15, -0.1) is 0 Å². The SMILES string of the molecule is COc1cc(C2[C@@H]3c4cc(O)cc(O)c4[C@H](c4ccc(O)c(OC)c4)[C@@H]2c2cc(O)cc(O)c23)ccc1O. The first-order chi connectivity index (χ1) is 18.2. The average Bonchev–Trinajstić information content (AvgIpc) is 3.15. The lowest BCUT2D eigenvalue weighted by atomic mass is 9.63. The van der Waals surface area contributed by atoms with E-state index < -0.39 is 17.8 Å². The van der Waals surface area contributed by atoms with Crippen molar-refractivity contribution in [2.45, 2.75) is 23.7 Å². The van der Waals surface area contributed by atoms with E-state index in [1.807, 2.05) is 0 Å². The molecule has 0 heterocycles. The molecular weight excluding hydrogens is 488 g/mol. The van der Waals surface area contributed by atoms with Crippen LogP contribution >= 0.6 is 0 Å². The monoisotopic (exact) mass is 514 g/mol. The van der Waals surface area contributed by atoms with E-state index in [-0.39, 0.29) is 51.9 Å². The zero-order chi connectivity index (χ0) is 26.9. The molecule has 0 spiro atoms. The summed E-state index contributed by atoms with van der Waals surface area (Å²) in [5.41, 5.74) is 3.99. The van der Waals surface area contributed by atoms with Gasteiger partial charge in [-0.1, -0.05) is 12.1 Å². The Hall–Kier alpha value is -4.72. The average molecular weight is 515 g/mol. The molecule has 0 aromatic heterocycles. The van der Waals surface area contributed by atoms with Gasteiger partial charge in [0, 0.05) is 46.9 Å². The Morgan fingerprint density at radius 3 is 1.58 bits per heavy atom. The van der Waals surface area contributed by atoms with E-state index in [9.17, 15) is 30.6 Å². The summed E-state index contributed by atoms with van der Waals surface area (Å²) in [7, 11) is 2.91. The van der Waals surface area contributed by atoms with E-state index in [0.717, 1.165) is 11.1 Å². The normalized spacial score (nSPS) is 21.0. The van der Waals surface area contributed by atoms with Crippen molar-refractivity contribution in [2.24, 2.45) is 0 Å². The maximum atomic E-state index is 11.2. The van der Waals surface area contributed by atoms with Gasteiger partial charge in [-0.25, -0.2) is 0 Å². The summed E-state index contributed by atoms with van der Waals surface area (Å²) >= 11 is 0. The molecule has 8 nitrogen and oxygen atoms in total. The third-order valence-corrected chi connectivity index (χ3v) is 7.92. The highest BCUT2D eigenvalue weighted by molar-refractivity contribution is 5.69. The number of fused-ring (bicyclic) bond motifs is 7. The Morgan fingerprint density at radius 1 is 0.500 bits per heavy atom. The van der Waals surface area contributed by atoms with Crippen LogP contribution in [0.4, 0.5) is 0 Å². The van der Waals surface area contributed by atoms with Crippen molar-refractivity contribution >= 4 is 0 Å². The van der Waals surface area contributed by atoms with Crippen molar-refractivity contribution in [3.05, 3.63) is 94.0 Å². The van der Waals surface area contributed by atoms with Gasteiger partial charge in [-0.05, 0) is 58.7 Å². The summed E-state index contributed by atoms with van der Waals surface area (Å²) in [6.45, 7) is 0. The third kappa shape index (κ3) is 3.30. The Kier molecular flexibility index (Phi) is 5.24. The number of benzene rings is 4. The smallest absolute Gasteiger partial charge is 0.160 e. The number of ether oxygens (including phenoxy) is 2. The van der Waals surface area contributed by atoms with Crippen LogP contribution in [0.15, 0.2) is 60.7 Å². The summed E-state index contributed by atoms with van der Waals surface area (Å²) in [6, 6.07) is 15.8. The molecule has 0 amide bonds. The molecular formula is C30H26O8. The minimum atomic E-state index is -0.524. The second-order valence-electron chi connectivity index (χ2n) is 9.81. The van der Waals surface area contributed by atoms with E-state index in [1.54, 1.807) is 42.5 Å². The molecule has 38 heavy (non-hydrogen) atoms. The Morgan fingerprint density at radius 2 is 1.00 bits per heavy atom. The minimum absolute atomic E-state index is 0.0204. The highest BCUT2D eigenvalue weighted by Gasteiger charge is 2.54. The van der Waals surface area contributed by atoms with Gasteiger partial charge in [-0.2, -0.15) is 0 Å². The summed E-state index contributed by atoms with van der Waals surface area (Å²) in [5, 5.41) is 63.9. The number of phenolic OH excluding ortho intramolecular Hbond substituents is 6. The first-order valence-corrected chi connectivity index (χ1v) is 12.1. The van der Waals surface area contributed by atoms with Crippen molar-refractivity contribution in [1.29, 1.82) is 0 Å². The highest BCUT2D eigenvalue weighted by atomic mass is 16.5. The molecule has 6 rings (SSSR count). The molecule has 4 atom stereocenters. The molecule has 0 aliphatic heterocycles. The van der Waals surface area contributed by atoms with Gasteiger partial charge in [0.25, 0.3) is 0 Å². The summed E-state index contributed by atoms with van der Waals surface area (Å²) in [4.78, 5) is 0. The summed E-state index contributed by atoms with van der Waals surface area (Å²) in [5.74, 6) is -1.72. The zero-order valence-electron chi connectivity index (χ0n) is 20.6. The van der Waals surface area contributed by atoms with E-state index in [2.05, 4.69) is 0 Å². The van der Waals surface area contributed by atoms with E-state index in [1.165, 1.54) is 32.4 Å². The molecule has 0 fully saturated rings.